The van der Waals surface area contributed by atoms with Crippen LogP contribution in [0.5, 0.6) is 0 Å². The number of carbonyl (C=O) groups is 1. The fourth-order valence-electron chi connectivity index (χ4n) is 3.84. The Balaban J connectivity index is 1.62. The molecule has 0 bridgehead atoms. The number of halogens is 1. The Morgan fingerprint density at radius 3 is 2.38 bits per heavy atom. The molecule has 1 amide bonds. The zero-order valence-electron chi connectivity index (χ0n) is 16.4. The van der Waals surface area contributed by atoms with E-state index in [4.69, 9.17) is 16.0 Å². The molecule has 1 aliphatic carbocycles. The van der Waals surface area contributed by atoms with Crippen molar-refractivity contribution in [3.8, 4) is 11.3 Å². The minimum atomic E-state index is -0.186. The molecule has 0 unspecified atom stereocenters. The molecule has 0 spiro atoms. The van der Waals surface area contributed by atoms with Crippen molar-refractivity contribution in [3.63, 3.8) is 0 Å². The molecule has 1 N–H and O–H groups in total. The molecule has 1 aliphatic rings. The number of hydrogen-bond acceptors (Lipinski definition) is 3. The zero-order chi connectivity index (χ0) is 20.1. The van der Waals surface area contributed by atoms with E-state index in [0.29, 0.717) is 23.0 Å². The van der Waals surface area contributed by atoms with E-state index in [1.54, 1.807) is 12.1 Å². The summed E-state index contributed by atoms with van der Waals surface area (Å²) >= 11 is 6.04. The molecule has 0 saturated heterocycles. The highest BCUT2D eigenvalue weighted by Crippen LogP contribution is 2.27. The summed E-state index contributed by atoms with van der Waals surface area (Å²) in [7, 11) is 0. The average molecular weight is 409 g/mol. The van der Waals surface area contributed by atoms with Crippen LogP contribution in [0.1, 0.15) is 60.5 Å². The van der Waals surface area contributed by atoms with Crippen molar-refractivity contribution in [2.45, 2.75) is 51.0 Å². The molecule has 2 aromatic carbocycles. The summed E-state index contributed by atoms with van der Waals surface area (Å²) in [5.41, 5.74) is 2.48. The molecule has 4 rings (SSSR count). The summed E-state index contributed by atoms with van der Waals surface area (Å²) in [6, 6.07) is 17.5. The second kappa shape index (κ2) is 9.27. The summed E-state index contributed by atoms with van der Waals surface area (Å²) in [6.45, 7) is 0. The van der Waals surface area contributed by atoms with Crippen LogP contribution in [-0.2, 0) is 6.42 Å². The van der Waals surface area contributed by atoms with Crippen molar-refractivity contribution in [1.82, 2.24) is 10.3 Å². The Labute approximate surface area is 176 Å². The summed E-state index contributed by atoms with van der Waals surface area (Å²) in [6.07, 6.45) is 7.38. The highest BCUT2D eigenvalue weighted by atomic mass is 35.5. The Morgan fingerprint density at radius 1 is 1.00 bits per heavy atom. The van der Waals surface area contributed by atoms with Gasteiger partial charge >= 0.3 is 0 Å². The lowest BCUT2D eigenvalue weighted by Crippen LogP contribution is -2.34. The van der Waals surface area contributed by atoms with Crippen molar-refractivity contribution < 1.29 is 9.21 Å². The molecule has 5 heteroatoms. The monoisotopic (exact) mass is 408 g/mol. The van der Waals surface area contributed by atoms with Crippen LogP contribution < -0.4 is 5.32 Å². The van der Waals surface area contributed by atoms with Crippen LogP contribution in [0.25, 0.3) is 11.3 Å². The molecule has 4 nitrogen and oxygen atoms in total. The van der Waals surface area contributed by atoms with E-state index in [1.165, 1.54) is 12.8 Å². The van der Waals surface area contributed by atoms with Crippen molar-refractivity contribution >= 4 is 17.5 Å². The summed E-state index contributed by atoms with van der Waals surface area (Å²) in [4.78, 5) is 17.7. The lowest BCUT2D eigenvalue weighted by molar-refractivity contribution is 0.0904. The number of nitrogens with one attached hydrogen (secondary N) is 1. The van der Waals surface area contributed by atoms with Crippen LogP contribution in [0.3, 0.4) is 0 Å². The maximum atomic E-state index is 13.1. The highest BCUT2D eigenvalue weighted by molar-refractivity contribution is 6.30. The van der Waals surface area contributed by atoms with Gasteiger partial charge in [-0.15, -0.1) is 0 Å². The maximum absolute atomic E-state index is 13.1. The third-order valence-corrected chi connectivity index (χ3v) is 5.64. The van der Waals surface area contributed by atoms with Crippen LogP contribution >= 0.6 is 11.6 Å². The van der Waals surface area contributed by atoms with Crippen molar-refractivity contribution in [3.05, 3.63) is 76.8 Å². The third-order valence-electron chi connectivity index (χ3n) is 5.38. The molecule has 1 fully saturated rings. The fourth-order valence-corrected chi connectivity index (χ4v) is 3.97. The standard InChI is InChI=1S/C24H25ClN2O2/c25-19-14-12-18(13-15-19)22-23(24(28)26-20-10-6-1-2-7-11-20)29-21(27-22)16-17-8-4-3-5-9-17/h3-5,8-9,12-15,20H,1-2,6-7,10-11,16H2,(H,26,28). The van der Waals surface area contributed by atoms with Gasteiger partial charge in [0.05, 0.1) is 0 Å². The largest absolute Gasteiger partial charge is 0.434 e. The first-order chi connectivity index (χ1) is 14.2. The van der Waals surface area contributed by atoms with Crippen molar-refractivity contribution in [1.29, 1.82) is 0 Å². The highest BCUT2D eigenvalue weighted by Gasteiger charge is 2.24. The molecule has 0 aliphatic heterocycles. The first-order valence-electron chi connectivity index (χ1n) is 10.3. The van der Waals surface area contributed by atoms with E-state index in [-0.39, 0.29) is 17.7 Å². The molecule has 3 aromatic rings. The van der Waals surface area contributed by atoms with Crippen LogP contribution in [0.4, 0.5) is 0 Å². The summed E-state index contributed by atoms with van der Waals surface area (Å²) < 4.78 is 5.98. The average Bonchev–Trinajstić information content (AvgIpc) is 2.98. The van der Waals surface area contributed by atoms with Crippen molar-refractivity contribution in [2.75, 3.05) is 0 Å². The van der Waals surface area contributed by atoms with Gasteiger partial charge < -0.3 is 9.73 Å². The smallest absolute Gasteiger partial charge is 0.289 e. The first-order valence-corrected chi connectivity index (χ1v) is 10.7. The van der Waals surface area contributed by atoms with Crippen LogP contribution in [0, 0.1) is 0 Å². The second-order valence-electron chi connectivity index (χ2n) is 7.62. The Kier molecular flexibility index (Phi) is 6.30. The third kappa shape index (κ3) is 5.07. The first kappa shape index (κ1) is 19.7. The lowest BCUT2D eigenvalue weighted by Gasteiger charge is -2.15. The number of nitrogens with zero attached hydrogens (tertiary/aromatic N) is 1. The Morgan fingerprint density at radius 2 is 1.69 bits per heavy atom. The molecule has 0 radical (unpaired) electrons. The molecule has 1 saturated carbocycles. The quantitative estimate of drug-likeness (QED) is 0.523. The van der Waals surface area contributed by atoms with E-state index < -0.39 is 0 Å². The van der Waals surface area contributed by atoms with Gasteiger partial charge in [0.15, 0.2) is 5.89 Å². The van der Waals surface area contributed by atoms with Gasteiger partial charge in [-0.25, -0.2) is 4.98 Å². The molecule has 150 valence electrons. The zero-order valence-corrected chi connectivity index (χ0v) is 17.1. The van der Waals surface area contributed by atoms with Crippen molar-refractivity contribution in [2.24, 2.45) is 0 Å². The predicted molar refractivity (Wildman–Crippen MR) is 115 cm³/mol. The van der Waals surface area contributed by atoms with Crippen LogP contribution in [0.15, 0.2) is 59.0 Å². The van der Waals surface area contributed by atoms with E-state index in [9.17, 15) is 4.79 Å². The molecule has 1 heterocycles. The fraction of sp³-hybridized carbons (Fsp3) is 0.333. The van der Waals surface area contributed by atoms with Gasteiger partial charge in [0.2, 0.25) is 5.76 Å². The van der Waals surface area contributed by atoms with Gasteiger partial charge in [0.25, 0.3) is 5.91 Å². The van der Waals surface area contributed by atoms with E-state index in [0.717, 1.165) is 36.8 Å². The lowest BCUT2D eigenvalue weighted by atomic mass is 10.1. The van der Waals surface area contributed by atoms with Gasteiger partial charge in [-0.05, 0) is 30.5 Å². The minimum absolute atomic E-state index is 0.186. The Bertz CT molecular complexity index is 943. The minimum Gasteiger partial charge on any atom is -0.434 e. The number of amides is 1. The number of carbonyl (C=O) groups excluding carboxylic acids is 1. The number of benzene rings is 2. The Hall–Kier alpha value is -2.59. The summed E-state index contributed by atoms with van der Waals surface area (Å²) in [5.74, 6) is 0.628. The number of oxazole rings is 1. The summed E-state index contributed by atoms with van der Waals surface area (Å²) in [5, 5.41) is 3.82. The maximum Gasteiger partial charge on any atom is 0.289 e. The van der Waals surface area contributed by atoms with Gasteiger partial charge in [0, 0.05) is 23.0 Å². The predicted octanol–water partition coefficient (Wildman–Crippen LogP) is 6.04. The van der Waals surface area contributed by atoms with Crippen LogP contribution in [0.2, 0.25) is 5.02 Å². The van der Waals surface area contributed by atoms with Gasteiger partial charge in [-0.1, -0.05) is 79.7 Å². The van der Waals surface area contributed by atoms with Crippen LogP contribution in [-0.4, -0.2) is 16.9 Å². The van der Waals surface area contributed by atoms with E-state index >= 15 is 0 Å². The molecule has 0 atom stereocenters. The number of rotatable bonds is 5. The molecular formula is C24H25ClN2O2. The topological polar surface area (TPSA) is 55.1 Å². The molecular weight excluding hydrogens is 384 g/mol. The number of aromatic nitrogens is 1. The molecule has 29 heavy (non-hydrogen) atoms. The normalized spacial score (nSPS) is 15.1. The second-order valence-corrected chi connectivity index (χ2v) is 8.05. The van der Waals surface area contributed by atoms with E-state index in [2.05, 4.69) is 10.3 Å². The van der Waals surface area contributed by atoms with Gasteiger partial charge in [0.1, 0.15) is 5.69 Å². The van der Waals surface area contributed by atoms with E-state index in [1.807, 2.05) is 42.5 Å². The molecule has 1 aromatic heterocycles. The van der Waals surface area contributed by atoms with Gasteiger partial charge in [-0.3, -0.25) is 4.79 Å². The number of hydrogen-bond donors (Lipinski definition) is 1. The SMILES string of the molecule is O=C(NC1CCCCCC1)c1oc(Cc2ccccc2)nc1-c1ccc(Cl)cc1. The van der Waals surface area contributed by atoms with Gasteiger partial charge in [-0.2, -0.15) is 0 Å².